The van der Waals surface area contributed by atoms with Gasteiger partial charge in [-0.15, -0.1) is 0 Å². The number of aliphatic hydroxyl groups is 1. The third-order valence-electron chi connectivity index (χ3n) is 3.13. The van der Waals surface area contributed by atoms with Crippen molar-refractivity contribution in [2.75, 3.05) is 0 Å². The Morgan fingerprint density at radius 1 is 1.58 bits per heavy atom. The molecule has 1 rings (SSSR count). The number of hydrogen-bond donors (Lipinski definition) is 1. The lowest BCUT2D eigenvalue weighted by atomic mass is 9.63. The summed E-state index contributed by atoms with van der Waals surface area (Å²) in [7, 11) is 0. The molecule has 0 aliphatic heterocycles. The zero-order chi connectivity index (χ0) is 9.35. The Morgan fingerprint density at radius 3 is 2.50 bits per heavy atom. The normalized spacial score (nSPS) is 41.5. The Labute approximate surface area is 74.9 Å². The molecule has 0 spiro atoms. The van der Waals surface area contributed by atoms with Crippen LogP contribution >= 0.6 is 0 Å². The Balaban J connectivity index is 2.48. The van der Waals surface area contributed by atoms with Crippen LogP contribution in [0.3, 0.4) is 0 Å². The van der Waals surface area contributed by atoms with Crippen LogP contribution in [0.4, 0.5) is 0 Å². The lowest BCUT2D eigenvalue weighted by molar-refractivity contribution is -0.198. The molecule has 3 atom stereocenters. The van der Waals surface area contributed by atoms with E-state index in [0.29, 0.717) is 0 Å². The van der Waals surface area contributed by atoms with Crippen LogP contribution in [0.25, 0.3) is 0 Å². The lowest BCUT2D eigenvalue weighted by Crippen LogP contribution is -2.56. The number of rotatable bonds is 3. The fraction of sp³-hybridized carbons (Fsp3) is 1.00. The summed E-state index contributed by atoms with van der Waals surface area (Å²) >= 11 is 0. The minimum atomic E-state index is -0.161. The zero-order valence-electron chi connectivity index (χ0n) is 8.50. The summed E-state index contributed by atoms with van der Waals surface area (Å²) in [5.41, 5.74) is 0.00424. The smallest absolute Gasteiger partial charge is 0.0681 e. The van der Waals surface area contributed by atoms with E-state index in [-0.39, 0.29) is 23.7 Å². The highest BCUT2D eigenvalue weighted by Crippen LogP contribution is 2.46. The Morgan fingerprint density at radius 2 is 2.17 bits per heavy atom. The first-order chi connectivity index (χ1) is 5.50. The van der Waals surface area contributed by atoms with Crippen LogP contribution < -0.4 is 0 Å². The van der Waals surface area contributed by atoms with Crippen molar-refractivity contribution in [2.24, 2.45) is 5.41 Å². The van der Waals surface area contributed by atoms with Crippen molar-refractivity contribution in [3.63, 3.8) is 0 Å². The summed E-state index contributed by atoms with van der Waals surface area (Å²) < 4.78 is 5.70. The van der Waals surface area contributed by atoms with Crippen molar-refractivity contribution >= 4 is 0 Å². The van der Waals surface area contributed by atoms with Crippen LogP contribution in [-0.4, -0.2) is 23.4 Å². The minimum absolute atomic E-state index is 0.00424. The molecule has 0 heterocycles. The molecule has 0 aromatic heterocycles. The van der Waals surface area contributed by atoms with E-state index in [0.717, 1.165) is 12.8 Å². The van der Waals surface area contributed by atoms with Gasteiger partial charge in [-0.3, -0.25) is 0 Å². The van der Waals surface area contributed by atoms with Crippen LogP contribution in [0.1, 0.15) is 40.5 Å². The van der Waals surface area contributed by atoms with E-state index in [9.17, 15) is 5.11 Å². The SMILES string of the molecule is CCC1(C)C(O)CC1OC(C)C. The first-order valence-corrected chi connectivity index (χ1v) is 4.84. The molecule has 3 unspecified atom stereocenters. The van der Waals surface area contributed by atoms with Gasteiger partial charge in [0.2, 0.25) is 0 Å². The second-order valence-electron chi connectivity index (χ2n) is 4.28. The maximum absolute atomic E-state index is 9.57. The molecular weight excluding hydrogens is 152 g/mol. The summed E-state index contributed by atoms with van der Waals surface area (Å²) in [6.07, 6.45) is 2.17. The second-order valence-corrected chi connectivity index (χ2v) is 4.28. The van der Waals surface area contributed by atoms with E-state index in [2.05, 4.69) is 13.8 Å². The highest BCUT2D eigenvalue weighted by molar-refractivity contribution is 5.00. The average Bonchev–Trinajstić information content (AvgIpc) is 2.02. The first-order valence-electron chi connectivity index (χ1n) is 4.84. The summed E-state index contributed by atoms with van der Waals surface area (Å²) in [6.45, 7) is 8.30. The van der Waals surface area contributed by atoms with Crippen LogP contribution in [0.5, 0.6) is 0 Å². The van der Waals surface area contributed by atoms with Crippen LogP contribution in [0.15, 0.2) is 0 Å². The molecule has 0 aromatic rings. The van der Waals surface area contributed by atoms with Crippen molar-refractivity contribution in [3.05, 3.63) is 0 Å². The predicted molar refractivity (Wildman–Crippen MR) is 49.0 cm³/mol. The molecule has 1 aliphatic carbocycles. The highest BCUT2D eigenvalue weighted by atomic mass is 16.5. The number of ether oxygens (including phenoxy) is 1. The molecule has 12 heavy (non-hydrogen) atoms. The average molecular weight is 172 g/mol. The van der Waals surface area contributed by atoms with Gasteiger partial charge in [0.25, 0.3) is 0 Å². The fourth-order valence-electron chi connectivity index (χ4n) is 1.80. The van der Waals surface area contributed by atoms with Crippen molar-refractivity contribution in [2.45, 2.75) is 58.8 Å². The Kier molecular flexibility index (Phi) is 2.79. The first kappa shape index (κ1) is 10.0. The zero-order valence-corrected chi connectivity index (χ0v) is 8.50. The largest absolute Gasteiger partial charge is 0.392 e. The Hall–Kier alpha value is -0.0800. The van der Waals surface area contributed by atoms with E-state index in [1.807, 2.05) is 13.8 Å². The lowest BCUT2D eigenvalue weighted by Gasteiger charge is -2.51. The highest BCUT2D eigenvalue weighted by Gasteiger charge is 2.50. The third kappa shape index (κ3) is 1.50. The van der Waals surface area contributed by atoms with E-state index >= 15 is 0 Å². The van der Waals surface area contributed by atoms with Crippen molar-refractivity contribution in [3.8, 4) is 0 Å². The minimum Gasteiger partial charge on any atom is -0.392 e. The maximum atomic E-state index is 9.57. The van der Waals surface area contributed by atoms with E-state index in [1.54, 1.807) is 0 Å². The molecule has 0 aromatic carbocycles. The summed E-state index contributed by atoms with van der Waals surface area (Å²) in [6, 6.07) is 0. The predicted octanol–water partition coefficient (Wildman–Crippen LogP) is 1.96. The van der Waals surface area contributed by atoms with Crippen molar-refractivity contribution in [1.29, 1.82) is 0 Å². The van der Waals surface area contributed by atoms with E-state index < -0.39 is 0 Å². The van der Waals surface area contributed by atoms with Crippen LogP contribution in [0, 0.1) is 5.41 Å². The molecule has 72 valence electrons. The molecule has 0 bridgehead atoms. The van der Waals surface area contributed by atoms with Gasteiger partial charge in [-0.2, -0.15) is 0 Å². The molecule has 1 saturated carbocycles. The van der Waals surface area contributed by atoms with Gasteiger partial charge in [0.1, 0.15) is 0 Å². The molecule has 0 radical (unpaired) electrons. The standard InChI is InChI=1S/C10H20O2/c1-5-10(4)8(11)6-9(10)12-7(2)3/h7-9,11H,5-6H2,1-4H3. The van der Waals surface area contributed by atoms with Gasteiger partial charge in [0.05, 0.1) is 18.3 Å². The fourth-order valence-corrected chi connectivity index (χ4v) is 1.80. The monoisotopic (exact) mass is 172 g/mol. The van der Waals surface area contributed by atoms with Gasteiger partial charge in [0.15, 0.2) is 0 Å². The van der Waals surface area contributed by atoms with Gasteiger partial charge in [0, 0.05) is 11.8 Å². The van der Waals surface area contributed by atoms with Crippen LogP contribution in [-0.2, 0) is 4.74 Å². The molecule has 2 nitrogen and oxygen atoms in total. The number of hydrogen-bond acceptors (Lipinski definition) is 2. The molecule has 0 amide bonds. The number of aliphatic hydroxyl groups excluding tert-OH is 1. The molecule has 1 N–H and O–H groups in total. The van der Waals surface area contributed by atoms with Gasteiger partial charge < -0.3 is 9.84 Å². The summed E-state index contributed by atoms with van der Waals surface area (Å²) in [4.78, 5) is 0. The molecule has 0 saturated heterocycles. The maximum Gasteiger partial charge on any atom is 0.0681 e. The molecule has 1 fully saturated rings. The van der Waals surface area contributed by atoms with Gasteiger partial charge in [-0.1, -0.05) is 13.8 Å². The van der Waals surface area contributed by atoms with Crippen molar-refractivity contribution in [1.82, 2.24) is 0 Å². The van der Waals surface area contributed by atoms with E-state index in [4.69, 9.17) is 4.74 Å². The topological polar surface area (TPSA) is 29.5 Å². The molecular formula is C10H20O2. The third-order valence-corrected chi connectivity index (χ3v) is 3.13. The summed E-state index contributed by atoms with van der Waals surface area (Å²) in [5, 5.41) is 9.57. The summed E-state index contributed by atoms with van der Waals surface area (Å²) in [5.74, 6) is 0. The van der Waals surface area contributed by atoms with Gasteiger partial charge >= 0.3 is 0 Å². The van der Waals surface area contributed by atoms with E-state index in [1.165, 1.54) is 0 Å². The van der Waals surface area contributed by atoms with Gasteiger partial charge in [-0.25, -0.2) is 0 Å². The van der Waals surface area contributed by atoms with Crippen LogP contribution in [0.2, 0.25) is 0 Å². The quantitative estimate of drug-likeness (QED) is 0.705. The van der Waals surface area contributed by atoms with Gasteiger partial charge in [-0.05, 0) is 20.3 Å². The van der Waals surface area contributed by atoms with Crippen molar-refractivity contribution < 1.29 is 9.84 Å². The Bertz CT molecular complexity index is 156. The molecule has 1 aliphatic rings. The second kappa shape index (κ2) is 3.35. The molecule has 2 heteroatoms.